The average molecular weight is 185 g/mol. The summed E-state index contributed by atoms with van der Waals surface area (Å²) in [6.45, 7) is 2.19. The average Bonchev–Trinajstić information content (AvgIpc) is 2.21. The number of nitrogens with zero attached hydrogens (tertiary/aromatic N) is 1. The second-order valence-electron chi connectivity index (χ2n) is 2.69. The van der Waals surface area contributed by atoms with Gasteiger partial charge in [0.05, 0.1) is 12.5 Å². The molecule has 0 saturated carbocycles. The van der Waals surface area contributed by atoms with E-state index in [9.17, 15) is 0 Å². The number of ether oxygens (including phenoxy) is 1. The lowest BCUT2D eigenvalue weighted by Gasteiger charge is -2.01. The van der Waals surface area contributed by atoms with Crippen LogP contribution in [0.3, 0.4) is 0 Å². The van der Waals surface area contributed by atoms with Gasteiger partial charge in [-0.25, -0.2) is 0 Å². The summed E-state index contributed by atoms with van der Waals surface area (Å²) in [6.07, 6.45) is 0.440. The molecule has 2 heteroatoms. The zero-order valence-corrected chi connectivity index (χ0v) is 8.08. The summed E-state index contributed by atoms with van der Waals surface area (Å²) < 4.78 is 5.32. The Morgan fingerprint density at radius 2 is 2.00 bits per heavy atom. The molecule has 0 atom stereocenters. The largest absolute Gasteiger partial charge is 0.481 e. The first-order valence-electron chi connectivity index (χ1n) is 4.35. The fraction of sp³-hybridized carbons (Fsp3) is 0.250. The van der Waals surface area contributed by atoms with Crippen LogP contribution >= 0.6 is 0 Å². The van der Waals surface area contributed by atoms with Gasteiger partial charge in [-0.3, -0.25) is 0 Å². The summed E-state index contributed by atoms with van der Waals surface area (Å²) >= 11 is 0. The Morgan fingerprint density at radius 1 is 1.29 bits per heavy atom. The molecule has 1 aromatic carbocycles. The topological polar surface area (TPSA) is 33.0 Å². The van der Waals surface area contributed by atoms with Crippen molar-refractivity contribution in [3.8, 4) is 23.7 Å². The van der Waals surface area contributed by atoms with E-state index in [2.05, 4.69) is 17.9 Å². The van der Waals surface area contributed by atoms with E-state index in [4.69, 9.17) is 10.00 Å². The summed E-state index contributed by atoms with van der Waals surface area (Å²) in [5.74, 6) is 6.35. The number of benzene rings is 1. The van der Waals surface area contributed by atoms with Crippen molar-refractivity contribution in [2.75, 3.05) is 6.61 Å². The summed E-state index contributed by atoms with van der Waals surface area (Å²) in [7, 11) is 0. The minimum absolute atomic E-state index is 0.411. The fourth-order valence-electron chi connectivity index (χ4n) is 0.986. The molecule has 70 valence electrons. The number of rotatable bonds is 3. The molecule has 0 aliphatic rings. The lowest BCUT2D eigenvalue weighted by Crippen LogP contribution is -1.93. The first kappa shape index (κ1) is 10.2. The standard InChI is InChI=1S/C12H11NO/c1-2-3-10-14-12-6-4-11(5-7-12)8-9-13/h4-7H,8,10H2,1H3. The van der Waals surface area contributed by atoms with Gasteiger partial charge in [0.2, 0.25) is 0 Å². The van der Waals surface area contributed by atoms with Crippen molar-refractivity contribution >= 4 is 0 Å². The third kappa shape index (κ3) is 3.21. The zero-order valence-electron chi connectivity index (χ0n) is 8.08. The van der Waals surface area contributed by atoms with Crippen molar-refractivity contribution < 1.29 is 4.74 Å². The molecule has 2 nitrogen and oxygen atoms in total. The van der Waals surface area contributed by atoms with Gasteiger partial charge < -0.3 is 4.74 Å². The molecule has 0 aliphatic carbocycles. The van der Waals surface area contributed by atoms with E-state index >= 15 is 0 Å². The van der Waals surface area contributed by atoms with Crippen LogP contribution < -0.4 is 4.74 Å². The van der Waals surface area contributed by atoms with E-state index in [1.54, 1.807) is 6.92 Å². The molecule has 0 saturated heterocycles. The van der Waals surface area contributed by atoms with Gasteiger partial charge in [-0.15, -0.1) is 5.92 Å². The molecule has 0 fully saturated rings. The Kier molecular flexibility index (Phi) is 4.11. The van der Waals surface area contributed by atoms with Crippen LogP contribution in [-0.2, 0) is 6.42 Å². The second kappa shape index (κ2) is 5.67. The number of hydrogen-bond acceptors (Lipinski definition) is 2. The molecule has 0 aliphatic heterocycles. The highest BCUT2D eigenvalue weighted by atomic mass is 16.5. The third-order valence-electron chi connectivity index (χ3n) is 1.69. The molecule has 0 N–H and O–H groups in total. The van der Waals surface area contributed by atoms with Crippen LogP contribution in [0.15, 0.2) is 24.3 Å². The van der Waals surface area contributed by atoms with Crippen molar-refractivity contribution in [3.05, 3.63) is 29.8 Å². The predicted molar refractivity (Wildman–Crippen MR) is 54.7 cm³/mol. The van der Waals surface area contributed by atoms with E-state index in [0.717, 1.165) is 11.3 Å². The van der Waals surface area contributed by atoms with Crippen LogP contribution in [0.25, 0.3) is 0 Å². The molecular weight excluding hydrogens is 174 g/mol. The molecule has 1 aromatic rings. The Hall–Kier alpha value is -1.93. The maximum atomic E-state index is 8.46. The van der Waals surface area contributed by atoms with Crippen molar-refractivity contribution in [2.45, 2.75) is 13.3 Å². The molecule has 0 unspecified atom stereocenters. The van der Waals surface area contributed by atoms with Crippen LogP contribution in [0.1, 0.15) is 12.5 Å². The molecule has 0 radical (unpaired) electrons. The van der Waals surface area contributed by atoms with Gasteiger partial charge in [-0.1, -0.05) is 18.1 Å². The fourth-order valence-corrected chi connectivity index (χ4v) is 0.986. The van der Waals surface area contributed by atoms with E-state index in [1.807, 2.05) is 24.3 Å². The van der Waals surface area contributed by atoms with Crippen molar-refractivity contribution in [1.29, 1.82) is 5.26 Å². The highest BCUT2D eigenvalue weighted by Gasteiger charge is 1.93. The SMILES string of the molecule is CC#CCOc1ccc(CC#N)cc1. The number of nitriles is 1. The Morgan fingerprint density at radius 3 is 2.57 bits per heavy atom. The molecule has 0 spiro atoms. The summed E-state index contributed by atoms with van der Waals surface area (Å²) in [4.78, 5) is 0. The van der Waals surface area contributed by atoms with Crippen LogP contribution in [0.5, 0.6) is 5.75 Å². The van der Waals surface area contributed by atoms with Crippen LogP contribution in [0.4, 0.5) is 0 Å². The van der Waals surface area contributed by atoms with Gasteiger partial charge >= 0.3 is 0 Å². The van der Waals surface area contributed by atoms with E-state index < -0.39 is 0 Å². The second-order valence-corrected chi connectivity index (χ2v) is 2.69. The highest BCUT2D eigenvalue weighted by Crippen LogP contribution is 2.11. The summed E-state index contributed by atoms with van der Waals surface area (Å²) in [6, 6.07) is 9.57. The van der Waals surface area contributed by atoms with Crippen molar-refractivity contribution in [3.63, 3.8) is 0 Å². The van der Waals surface area contributed by atoms with Crippen LogP contribution in [0, 0.1) is 23.2 Å². The summed E-state index contributed by atoms with van der Waals surface area (Å²) in [5.41, 5.74) is 1.00. The van der Waals surface area contributed by atoms with Gasteiger partial charge in [-0.05, 0) is 24.6 Å². The van der Waals surface area contributed by atoms with Gasteiger partial charge in [0.15, 0.2) is 0 Å². The van der Waals surface area contributed by atoms with Crippen LogP contribution in [-0.4, -0.2) is 6.61 Å². The molecular formula is C12H11NO. The Bertz CT molecular complexity index is 376. The predicted octanol–water partition coefficient (Wildman–Crippen LogP) is 2.15. The number of hydrogen-bond donors (Lipinski definition) is 0. The first-order chi connectivity index (χ1) is 6.86. The Balaban J connectivity index is 2.54. The minimum atomic E-state index is 0.411. The Labute approximate surface area is 84.1 Å². The van der Waals surface area contributed by atoms with Gasteiger partial charge in [0.25, 0.3) is 0 Å². The zero-order chi connectivity index (χ0) is 10.2. The monoisotopic (exact) mass is 185 g/mol. The van der Waals surface area contributed by atoms with Crippen molar-refractivity contribution in [1.82, 2.24) is 0 Å². The molecule has 1 rings (SSSR count). The summed E-state index contributed by atoms with van der Waals surface area (Å²) in [5, 5.41) is 8.46. The molecule has 0 amide bonds. The highest BCUT2D eigenvalue weighted by molar-refractivity contribution is 5.28. The van der Waals surface area contributed by atoms with Crippen LogP contribution in [0.2, 0.25) is 0 Å². The smallest absolute Gasteiger partial charge is 0.149 e. The van der Waals surface area contributed by atoms with Crippen molar-refractivity contribution in [2.24, 2.45) is 0 Å². The van der Waals surface area contributed by atoms with Gasteiger partial charge in [0, 0.05) is 0 Å². The first-order valence-corrected chi connectivity index (χ1v) is 4.35. The molecule has 0 bridgehead atoms. The quantitative estimate of drug-likeness (QED) is 0.676. The lowest BCUT2D eigenvalue weighted by atomic mass is 10.2. The normalized spacial score (nSPS) is 8.29. The third-order valence-corrected chi connectivity index (χ3v) is 1.69. The van der Waals surface area contributed by atoms with E-state index in [-0.39, 0.29) is 0 Å². The molecule has 14 heavy (non-hydrogen) atoms. The minimum Gasteiger partial charge on any atom is -0.481 e. The molecule has 0 heterocycles. The van der Waals surface area contributed by atoms with Gasteiger partial charge in [-0.2, -0.15) is 5.26 Å². The maximum absolute atomic E-state index is 8.46. The lowest BCUT2D eigenvalue weighted by molar-refractivity contribution is 0.370. The van der Waals surface area contributed by atoms with E-state index in [1.165, 1.54) is 0 Å². The maximum Gasteiger partial charge on any atom is 0.149 e. The molecule has 0 aromatic heterocycles. The van der Waals surface area contributed by atoms with Gasteiger partial charge in [0.1, 0.15) is 12.4 Å². The van der Waals surface area contributed by atoms with E-state index in [0.29, 0.717) is 13.0 Å².